The number of halogens is 3. The molecule has 1 heterocycles. The number of benzene rings is 3. The lowest BCUT2D eigenvalue weighted by Gasteiger charge is -2.48. The summed E-state index contributed by atoms with van der Waals surface area (Å²) in [7, 11) is 0. The molecule has 3 aromatic carbocycles. The second-order valence-corrected chi connectivity index (χ2v) is 8.26. The average molecular weight is 468 g/mol. The zero-order valence-electron chi connectivity index (χ0n) is 16.8. The maximum absolute atomic E-state index is 12.4. The van der Waals surface area contributed by atoms with E-state index in [4.69, 9.17) is 27.9 Å². The van der Waals surface area contributed by atoms with E-state index in [1.807, 2.05) is 31.2 Å². The number of hydrogen-bond donors (Lipinski definition) is 0. The first kappa shape index (κ1) is 23.0. The zero-order valence-corrected chi connectivity index (χ0v) is 19.1. The standard InChI is InChI=1S/C23H24Cl2N2O2.ClH/c1-2-27(28)14-12-26(13-15-27)18-8-6-17(7-9-18)16-29-22-5-3-4-20-19(22)10-11-21(24)23(20)25;/h3-11H,2,12-16H2,1H3;1H. The van der Waals surface area contributed by atoms with Crippen molar-refractivity contribution >= 4 is 52.1 Å². The second kappa shape index (κ2) is 9.63. The molecule has 0 amide bonds. The summed E-state index contributed by atoms with van der Waals surface area (Å²) in [6, 6.07) is 17.9. The molecule has 0 saturated carbocycles. The second-order valence-electron chi connectivity index (χ2n) is 7.48. The SMILES string of the molecule is CC[N+]1([O-])CCN(c2ccc(COc3cccc4c(Cl)c(Cl)ccc34)cc2)CC1.Cl. The first-order valence-electron chi connectivity index (χ1n) is 9.89. The fraction of sp³-hybridized carbons (Fsp3) is 0.304. The molecular weight excluding hydrogens is 443 g/mol. The third kappa shape index (κ3) is 4.79. The van der Waals surface area contributed by atoms with Gasteiger partial charge in [-0.15, -0.1) is 12.4 Å². The highest BCUT2D eigenvalue weighted by atomic mass is 35.5. The van der Waals surface area contributed by atoms with Crippen LogP contribution in [-0.4, -0.2) is 37.4 Å². The molecule has 1 aliphatic heterocycles. The summed E-state index contributed by atoms with van der Waals surface area (Å²) in [5, 5.41) is 15.3. The monoisotopic (exact) mass is 466 g/mol. The normalized spacial score (nSPS) is 15.7. The molecule has 0 unspecified atom stereocenters. The molecular formula is C23H25Cl3N2O2. The van der Waals surface area contributed by atoms with Crippen LogP contribution in [-0.2, 0) is 6.61 Å². The molecule has 4 nitrogen and oxygen atoms in total. The van der Waals surface area contributed by atoms with E-state index in [1.165, 1.54) is 0 Å². The number of nitrogens with zero attached hydrogens (tertiary/aromatic N) is 2. The fourth-order valence-corrected chi connectivity index (χ4v) is 4.15. The lowest BCUT2D eigenvalue weighted by Crippen LogP contribution is -2.56. The number of hydroxylamine groups is 3. The van der Waals surface area contributed by atoms with Crippen LogP contribution in [0, 0.1) is 5.21 Å². The van der Waals surface area contributed by atoms with Crippen molar-refractivity contribution in [3.05, 3.63) is 75.4 Å². The van der Waals surface area contributed by atoms with Gasteiger partial charge in [0.2, 0.25) is 0 Å². The van der Waals surface area contributed by atoms with Crippen LogP contribution in [0.1, 0.15) is 12.5 Å². The fourth-order valence-electron chi connectivity index (χ4n) is 3.76. The molecule has 1 aliphatic rings. The first-order chi connectivity index (χ1) is 14.0. The van der Waals surface area contributed by atoms with E-state index in [-0.39, 0.29) is 17.1 Å². The summed E-state index contributed by atoms with van der Waals surface area (Å²) in [6.45, 7) is 5.98. The summed E-state index contributed by atoms with van der Waals surface area (Å²) in [4.78, 5) is 2.28. The topological polar surface area (TPSA) is 35.5 Å². The molecule has 0 atom stereocenters. The molecule has 0 N–H and O–H groups in total. The molecule has 0 aromatic heterocycles. The molecule has 1 fully saturated rings. The number of piperazine rings is 1. The van der Waals surface area contributed by atoms with Crippen LogP contribution in [0.3, 0.4) is 0 Å². The zero-order chi connectivity index (χ0) is 20.4. The van der Waals surface area contributed by atoms with Crippen molar-refractivity contribution in [3.63, 3.8) is 0 Å². The number of anilines is 1. The highest BCUT2D eigenvalue weighted by molar-refractivity contribution is 6.45. The van der Waals surface area contributed by atoms with Crippen LogP contribution in [0.15, 0.2) is 54.6 Å². The van der Waals surface area contributed by atoms with Crippen LogP contribution in [0.4, 0.5) is 5.69 Å². The third-order valence-electron chi connectivity index (χ3n) is 5.74. The van der Waals surface area contributed by atoms with Gasteiger partial charge >= 0.3 is 0 Å². The van der Waals surface area contributed by atoms with E-state index in [2.05, 4.69) is 29.2 Å². The number of ether oxygens (including phenoxy) is 1. The quantitative estimate of drug-likeness (QED) is 0.326. The van der Waals surface area contributed by atoms with Crippen molar-refractivity contribution in [2.75, 3.05) is 37.6 Å². The Morgan fingerprint density at radius 1 is 0.967 bits per heavy atom. The van der Waals surface area contributed by atoms with Gasteiger partial charge in [-0.1, -0.05) is 47.5 Å². The summed E-state index contributed by atoms with van der Waals surface area (Å²) in [5.41, 5.74) is 2.24. The van der Waals surface area contributed by atoms with Gasteiger partial charge in [0.15, 0.2) is 0 Å². The van der Waals surface area contributed by atoms with Crippen LogP contribution in [0.2, 0.25) is 10.0 Å². The summed E-state index contributed by atoms with van der Waals surface area (Å²) < 4.78 is 5.99. The Labute approximate surface area is 193 Å². The number of hydrogen-bond acceptors (Lipinski definition) is 3. The maximum atomic E-state index is 12.4. The summed E-state index contributed by atoms with van der Waals surface area (Å²) in [5.74, 6) is 0.783. The van der Waals surface area contributed by atoms with Crippen molar-refractivity contribution < 1.29 is 9.38 Å². The van der Waals surface area contributed by atoms with Gasteiger partial charge in [0.25, 0.3) is 0 Å². The lowest BCUT2D eigenvalue weighted by molar-refractivity contribution is -0.879. The van der Waals surface area contributed by atoms with E-state index in [0.29, 0.717) is 36.3 Å². The maximum Gasteiger partial charge on any atom is 0.127 e. The van der Waals surface area contributed by atoms with Crippen LogP contribution in [0.25, 0.3) is 10.8 Å². The van der Waals surface area contributed by atoms with Crippen molar-refractivity contribution in [3.8, 4) is 5.75 Å². The number of quaternary nitrogens is 1. The van der Waals surface area contributed by atoms with Gasteiger partial charge in [0.1, 0.15) is 12.4 Å². The predicted molar refractivity (Wildman–Crippen MR) is 128 cm³/mol. The molecule has 0 aliphatic carbocycles. The van der Waals surface area contributed by atoms with Gasteiger partial charge in [0, 0.05) is 16.5 Å². The van der Waals surface area contributed by atoms with E-state index in [1.54, 1.807) is 6.07 Å². The smallest absolute Gasteiger partial charge is 0.127 e. The average Bonchev–Trinajstić information content (AvgIpc) is 2.76. The minimum absolute atomic E-state index is 0. The van der Waals surface area contributed by atoms with E-state index >= 15 is 0 Å². The van der Waals surface area contributed by atoms with Gasteiger partial charge in [-0.2, -0.15) is 0 Å². The predicted octanol–water partition coefficient (Wildman–Crippen LogP) is 6.30. The summed E-state index contributed by atoms with van der Waals surface area (Å²) in [6.07, 6.45) is 0. The van der Waals surface area contributed by atoms with Gasteiger partial charge in [-0.05, 0) is 42.8 Å². The van der Waals surface area contributed by atoms with Gasteiger partial charge < -0.3 is 19.5 Å². The Kier molecular flexibility index (Phi) is 7.38. The van der Waals surface area contributed by atoms with Crippen LogP contribution in [0.5, 0.6) is 5.75 Å². The minimum Gasteiger partial charge on any atom is -0.633 e. The van der Waals surface area contributed by atoms with Gasteiger partial charge in [0.05, 0.1) is 42.8 Å². The van der Waals surface area contributed by atoms with Gasteiger partial charge in [-0.25, -0.2) is 0 Å². The Morgan fingerprint density at radius 2 is 1.67 bits per heavy atom. The molecule has 4 rings (SSSR count). The lowest BCUT2D eigenvalue weighted by atomic mass is 10.1. The Morgan fingerprint density at radius 3 is 2.33 bits per heavy atom. The largest absolute Gasteiger partial charge is 0.633 e. The van der Waals surface area contributed by atoms with Gasteiger partial charge in [-0.3, -0.25) is 0 Å². The highest BCUT2D eigenvalue weighted by Gasteiger charge is 2.23. The number of fused-ring (bicyclic) bond motifs is 1. The Balaban J connectivity index is 0.00000256. The number of likely N-dealkylation sites (N-methyl/N-ethyl adjacent to an activating group) is 1. The van der Waals surface area contributed by atoms with Crippen LogP contribution >= 0.6 is 35.6 Å². The minimum atomic E-state index is -0.0807. The molecule has 3 aromatic rings. The van der Waals surface area contributed by atoms with Crippen molar-refractivity contribution in [1.82, 2.24) is 0 Å². The first-order valence-corrected chi connectivity index (χ1v) is 10.7. The highest BCUT2D eigenvalue weighted by Crippen LogP contribution is 2.35. The summed E-state index contributed by atoms with van der Waals surface area (Å²) >= 11 is 12.4. The molecule has 0 spiro atoms. The molecule has 7 heteroatoms. The number of rotatable bonds is 5. The Bertz CT molecular complexity index is 1000. The van der Waals surface area contributed by atoms with E-state index in [0.717, 1.165) is 40.9 Å². The van der Waals surface area contributed by atoms with Crippen molar-refractivity contribution in [2.45, 2.75) is 13.5 Å². The van der Waals surface area contributed by atoms with Crippen molar-refractivity contribution in [2.24, 2.45) is 0 Å². The van der Waals surface area contributed by atoms with E-state index in [9.17, 15) is 5.21 Å². The van der Waals surface area contributed by atoms with E-state index < -0.39 is 0 Å². The molecule has 0 bridgehead atoms. The molecule has 160 valence electrons. The molecule has 30 heavy (non-hydrogen) atoms. The van der Waals surface area contributed by atoms with Crippen molar-refractivity contribution in [1.29, 1.82) is 0 Å². The third-order valence-corrected chi connectivity index (χ3v) is 6.55. The molecule has 1 saturated heterocycles. The molecule has 0 radical (unpaired) electrons. The Hall–Kier alpha value is -1.69. The van der Waals surface area contributed by atoms with Crippen LogP contribution < -0.4 is 9.64 Å².